The maximum absolute atomic E-state index is 12.2. The van der Waals surface area contributed by atoms with Gasteiger partial charge in [0.05, 0.1) is 18.6 Å². The summed E-state index contributed by atoms with van der Waals surface area (Å²) in [6.07, 6.45) is 0. The van der Waals surface area contributed by atoms with Crippen LogP contribution in [-0.2, 0) is 11.3 Å². The SMILES string of the molecule is COc1ccc(C(=O)NCC(=O)N(C)Cc2ccccc2)cc1[N+](=O)[O-]. The van der Waals surface area contributed by atoms with E-state index in [9.17, 15) is 19.7 Å². The number of nitrogens with one attached hydrogen (secondary N) is 1. The molecule has 0 radical (unpaired) electrons. The maximum Gasteiger partial charge on any atom is 0.311 e. The molecule has 0 atom stereocenters. The van der Waals surface area contributed by atoms with Crippen molar-refractivity contribution >= 4 is 17.5 Å². The summed E-state index contributed by atoms with van der Waals surface area (Å²) in [4.78, 5) is 36.2. The van der Waals surface area contributed by atoms with Crippen LogP contribution in [0.1, 0.15) is 15.9 Å². The molecule has 26 heavy (non-hydrogen) atoms. The highest BCUT2D eigenvalue weighted by atomic mass is 16.6. The number of nitrogens with zero attached hydrogens (tertiary/aromatic N) is 2. The Morgan fingerprint density at radius 2 is 1.88 bits per heavy atom. The van der Waals surface area contributed by atoms with Crippen LogP contribution in [0.25, 0.3) is 0 Å². The number of methoxy groups -OCH3 is 1. The van der Waals surface area contributed by atoms with E-state index in [4.69, 9.17) is 4.74 Å². The summed E-state index contributed by atoms with van der Waals surface area (Å²) in [5.41, 5.74) is 0.740. The minimum atomic E-state index is -0.631. The van der Waals surface area contributed by atoms with Crippen LogP contribution in [0.3, 0.4) is 0 Å². The number of likely N-dealkylation sites (N-methyl/N-ethyl adjacent to an activating group) is 1. The summed E-state index contributed by atoms with van der Waals surface area (Å²) in [5, 5.41) is 13.5. The van der Waals surface area contributed by atoms with Gasteiger partial charge in [-0.1, -0.05) is 30.3 Å². The van der Waals surface area contributed by atoms with Crippen LogP contribution >= 0.6 is 0 Å². The number of amides is 2. The van der Waals surface area contributed by atoms with Gasteiger partial charge in [0.25, 0.3) is 5.91 Å². The second-order valence-electron chi connectivity index (χ2n) is 5.56. The van der Waals surface area contributed by atoms with Gasteiger partial charge in [-0.2, -0.15) is 0 Å². The van der Waals surface area contributed by atoms with Crippen molar-refractivity contribution in [1.29, 1.82) is 0 Å². The van der Waals surface area contributed by atoms with Gasteiger partial charge in [-0.25, -0.2) is 0 Å². The highest BCUT2D eigenvalue weighted by molar-refractivity contribution is 5.97. The lowest BCUT2D eigenvalue weighted by molar-refractivity contribution is -0.385. The van der Waals surface area contributed by atoms with E-state index >= 15 is 0 Å². The number of hydrogen-bond donors (Lipinski definition) is 1. The molecule has 2 amide bonds. The molecule has 1 N–H and O–H groups in total. The number of carbonyl (C=O) groups excluding carboxylic acids is 2. The van der Waals surface area contributed by atoms with Crippen molar-refractivity contribution in [3.63, 3.8) is 0 Å². The van der Waals surface area contributed by atoms with Crippen LogP contribution in [0.15, 0.2) is 48.5 Å². The minimum Gasteiger partial charge on any atom is -0.490 e. The van der Waals surface area contributed by atoms with Crippen molar-refractivity contribution in [2.75, 3.05) is 20.7 Å². The molecule has 0 spiro atoms. The van der Waals surface area contributed by atoms with Gasteiger partial charge in [0.2, 0.25) is 5.91 Å². The summed E-state index contributed by atoms with van der Waals surface area (Å²) in [6.45, 7) is 0.214. The molecule has 0 aromatic heterocycles. The highest BCUT2D eigenvalue weighted by Crippen LogP contribution is 2.27. The minimum absolute atomic E-state index is 0.0604. The molecular weight excluding hydrogens is 338 g/mol. The topological polar surface area (TPSA) is 102 Å². The van der Waals surface area contributed by atoms with Crippen LogP contribution in [0.5, 0.6) is 5.75 Å². The van der Waals surface area contributed by atoms with E-state index in [1.165, 1.54) is 24.1 Å². The van der Waals surface area contributed by atoms with Crippen LogP contribution in [0, 0.1) is 10.1 Å². The Morgan fingerprint density at radius 1 is 1.19 bits per heavy atom. The third kappa shape index (κ3) is 4.79. The lowest BCUT2D eigenvalue weighted by Crippen LogP contribution is -2.37. The molecule has 0 unspecified atom stereocenters. The molecule has 0 bridgehead atoms. The molecule has 8 heteroatoms. The molecule has 0 heterocycles. The van der Waals surface area contributed by atoms with Crippen molar-refractivity contribution in [2.24, 2.45) is 0 Å². The number of hydrogen-bond acceptors (Lipinski definition) is 5. The van der Waals surface area contributed by atoms with Crippen molar-refractivity contribution in [2.45, 2.75) is 6.54 Å². The first-order valence-electron chi connectivity index (χ1n) is 7.81. The summed E-state index contributed by atoms with van der Waals surface area (Å²) < 4.78 is 4.89. The predicted molar refractivity (Wildman–Crippen MR) is 94.9 cm³/mol. The zero-order valence-electron chi connectivity index (χ0n) is 14.5. The fraction of sp³-hybridized carbons (Fsp3) is 0.222. The van der Waals surface area contributed by atoms with Crippen LogP contribution < -0.4 is 10.1 Å². The van der Waals surface area contributed by atoms with Gasteiger partial charge in [-0.3, -0.25) is 19.7 Å². The fourth-order valence-corrected chi connectivity index (χ4v) is 2.31. The molecule has 8 nitrogen and oxygen atoms in total. The molecular formula is C18H19N3O5. The van der Waals surface area contributed by atoms with Gasteiger partial charge < -0.3 is 15.0 Å². The Morgan fingerprint density at radius 3 is 2.50 bits per heavy atom. The van der Waals surface area contributed by atoms with Gasteiger partial charge in [0.15, 0.2) is 5.75 Å². The first-order valence-corrected chi connectivity index (χ1v) is 7.81. The van der Waals surface area contributed by atoms with Crippen molar-refractivity contribution < 1.29 is 19.2 Å². The van der Waals surface area contributed by atoms with Gasteiger partial charge >= 0.3 is 5.69 Å². The summed E-state index contributed by atoms with van der Waals surface area (Å²) in [5.74, 6) is -0.785. The van der Waals surface area contributed by atoms with E-state index in [2.05, 4.69) is 5.32 Å². The average molecular weight is 357 g/mol. The lowest BCUT2D eigenvalue weighted by atomic mass is 10.1. The molecule has 136 valence electrons. The Hall–Kier alpha value is -3.42. The number of rotatable bonds is 7. The smallest absolute Gasteiger partial charge is 0.311 e. The third-order valence-corrected chi connectivity index (χ3v) is 3.73. The molecule has 0 aliphatic heterocycles. The Labute approximate surface area is 150 Å². The normalized spacial score (nSPS) is 10.1. The van der Waals surface area contributed by atoms with E-state index in [-0.39, 0.29) is 29.5 Å². The molecule has 2 aromatic carbocycles. The van der Waals surface area contributed by atoms with Gasteiger partial charge in [0.1, 0.15) is 0 Å². The summed E-state index contributed by atoms with van der Waals surface area (Å²) in [7, 11) is 2.95. The molecule has 0 aliphatic rings. The quantitative estimate of drug-likeness (QED) is 0.603. The van der Waals surface area contributed by atoms with Crippen LogP contribution in [0.4, 0.5) is 5.69 Å². The average Bonchev–Trinajstić information content (AvgIpc) is 2.65. The highest BCUT2D eigenvalue weighted by Gasteiger charge is 2.19. The van der Waals surface area contributed by atoms with Gasteiger partial charge in [0, 0.05) is 25.2 Å². The number of nitro groups is 1. The van der Waals surface area contributed by atoms with Gasteiger partial charge in [-0.15, -0.1) is 0 Å². The molecule has 0 aliphatic carbocycles. The molecule has 2 rings (SSSR count). The maximum atomic E-state index is 12.2. The van der Waals surface area contributed by atoms with Crippen molar-refractivity contribution in [3.8, 4) is 5.75 Å². The van der Waals surface area contributed by atoms with E-state index < -0.39 is 10.8 Å². The monoisotopic (exact) mass is 357 g/mol. The molecule has 0 saturated carbocycles. The van der Waals surface area contributed by atoms with Crippen LogP contribution in [0.2, 0.25) is 0 Å². The van der Waals surface area contributed by atoms with Gasteiger partial charge in [-0.05, 0) is 17.7 Å². The predicted octanol–water partition coefficient (Wildman–Crippen LogP) is 1.99. The Balaban J connectivity index is 1.96. The van der Waals surface area contributed by atoms with Crippen LogP contribution in [-0.4, -0.2) is 42.3 Å². The molecule has 0 fully saturated rings. The number of nitro benzene ring substituents is 1. The number of carbonyl (C=O) groups is 2. The van der Waals surface area contributed by atoms with E-state index in [1.807, 2.05) is 30.3 Å². The molecule has 2 aromatic rings. The third-order valence-electron chi connectivity index (χ3n) is 3.73. The standard InChI is InChI=1S/C18H19N3O5/c1-20(12-13-6-4-3-5-7-13)17(22)11-19-18(23)14-8-9-16(26-2)15(10-14)21(24)25/h3-10H,11-12H2,1-2H3,(H,19,23). The van der Waals surface area contributed by atoms with E-state index in [0.717, 1.165) is 11.6 Å². The molecule has 0 saturated heterocycles. The second kappa shape index (κ2) is 8.61. The number of benzene rings is 2. The Kier molecular flexibility index (Phi) is 6.26. The zero-order valence-corrected chi connectivity index (χ0v) is 14.5. The van der Waals surface area contributed by atoms with Crippen molar-refractivity contribution in [3.05, 3.63) is 69.8 Å². The Bertz CT molecular complexity index is 808. The largest absolute Gasteiger partial charge is 0.490 e. The first kappa shape index (κ1) is 18.9. The second-order valence-corrected chi connectivity index (χ2v) is 5.56. The zero-order chi connectivity index (χ0) is 19.1. The summed E-state index contributed by atoms with van der Waals surface area (Å²) in [6, 6.07) is 13.3. The first-order chi connectivity index (χ1) is 12.4. The number of ether oxygens (including phenoxy) is 1. The summed E-state index contributed by atoms with van der Waals surface area (Å²) >= 11 is 0. The lowest BCUT2D eigenvalue weighted by Gasteiger charge is -2.17. The fourth-order valence-electron chi connectivity index (χ4n) is 2.31. The van der Waals surface area contributed by atoms with E-state index in [1.54, 1.807) is 7.05 Å². The van der Waals surface area contributed by atoms with Crippen molar-refractivity contribution in [1.82, 2.24) is 10.2 Å². The van der Waals surface area contributed by atoms with E-state index in [0.29, 0.717) is 6.54 Å².